The number of nitrogens with zero attached hydrogens (tertiary/aromatic N) is 4. The number of aromatic nitrogens is 2. The van der Waals surface area contributed by atoms with Gasteiger partial charge in [0.2, 0.25) is 5.91 Å². The van der Waals surface area contributed by atoms with Crippen LogP contribution in [0.3, 0.4) is 0 Å². The van der Waals surface area contributed by atoms with E-state index in [1.807, 2.05) is 0 Å². The summed E-state index contributed by atoms with van der Waals surface area (Å²) in [6.45, 7) is 12.9. The number of azide groups is 1. The van der Waals surface area contributed by atoms with Gasteiger partial charge in [-0.2, -0.15) is 0 Å². The average molecular weight is 1100 g/mol. The molecule has 0 aromatic carbocycles. The fraction of sp³-hybridized carbons (Fsp3) is 0.914. The van der Waals surface area contributed by atoms with Crippen LogP contribution in [0.25, 0.3) is 10.4 Å². The summed E-state index contributed by atoms with van der Waals surface area (Å²) < 4.78 is 33.5. The van der Waals surface area contributed by atoms with Crippen LogP contribution < -0.4 is 27.0 Å². The molecule has 0 radical (unpaired) electrons. The van der Waals surface area contributed by atoms with Gasteiger partial charge in [0.15, 0.2) is 0 Å². The van der Waals surface area contributed by atoms with E-state index in [2.05, 4.69) is 58.4 Å². The van der Waals surface area contributed by atoms with Crippen molar-refractivity contribution in [3.63, 3.8) is 0 Å². The molecule has 4 saturated carbocycles. The van der Waals surface area contributed by atoms with Gasteiger partial charge in [0, 0.05) is 42.6 Å². The van der Waals surface area contributed by atoms with Crippen molar-refractivity contribution in [1.29, 1.82) is 0 Å². The number of aliphatic hydroxyl groups excluding tert-OH is 3. The lowest BCUT2D eigenvalue weighted by atomic mass is 9.43. The van der Waals surface area contributed by atoms with Crippen molar-refractivity contribution >= 4 is 13.7 Å². The van der Waals surface area contributed by atoms with Crippen LogP contribution in [0.15, 0.2) is 20.9 Å². The predicted molar refractivity (Wildman–Crippen MR) is 302 cm³/mol. The van der Waals surface area contributed by atoms with Crippen molar-refractivity contribution in [3.8, 4) is 0 Å². The minimum Gasteiger partial charge on any atom is -0.393 e. The number of unbranched alkanes of at least 4 members (excludes halogenated alkanes) is 15. The van der Waals surface area contributed by atoms with Gasteiger partial charge in [-0.15, -0.1) is 0 Å². The summed E-state index contributed by atoms with van der Waals surface area (Å²) in [6.07, 6.45) is 27.2. The zero-order valence-electron chi connectivity index (χ0n) is 48.0. The van der Waals surface area contributed by atoms with Gasteiger partial charge in [-0.05, 0) is 143 Å². The molecule has 1 amide bonds. The Morgan fingerprint density at radius 3 is 2.18 bits per heavy atom. The highest BCUT2D eigenvalue weighted by Crippen LogP contribution is 2.68. The Bertz CT molecular complexity index is 2160. The van der Waals surface area contributed by atoms with Gasteiger partial charge >= 0.3 is 13.4 Å². The first kappa shape index (κ1) is 63.6. The van der Waals surface area contributed by atoms with Gasteiger partial charge < -0.3 is 30.7 Å². The van der Waals surface area contributed by atoms with E-state index in [4.69, 9.17) is 13.8 Å². The molecular weight excluding hydrogens is 1000 g/mol. The lowest BCUT2D eigenvalue weighted by Crippen LogP contribution is -2.62. The van der Waals surface area contributed by atoms with Crippen LogP contribution in [-0.4, -0.2) is 101 Å². The van der Waals surface area contributed by atoms with Crippen LogP contribution >= 0.6 is 7.75 Å². The minimum atomic E-state index is -3.84. The Morgan fingerprint density at radius 1 is 0.870 bits per heavy atom. The van der Waals surface area contributed by atoms with E-state index in [1.165, 1.54) is 87.8 Å². The van der Waals surface area contributed by atoms with E-state index in [-0.39, 0.29) is 72.1 Å². The fourth-order valence-corrected chi connectivity index (χ4v) is 16.3. The summed E-state index contributed by atoms with van der Waals surface area (Å²) in [5.74, 6) is 1.57. The van der Waals surface area contributed by atoms with Crippen molar-refractivity contribution < 1.29 is 38.5 Å². The molecule has 4 aliphatic carbocycles. The third-order valence-corrected chi connectivity index (χ3v) is 21.2. The molecule has 6 rings (SSSR count). The van der Waals surface area contributed by atoms with E-state index < -0.39 is 49.6 Å². The second kappa shape index (κ2) is 31.5. The molecular formula is C58H103N8O10P. The molecule has 1 aromatic heterocycles. The minimum absolute atomic E-state index is 0.0335. The SMILES string of the molecule is CCCCCCCCCCCCCCCCCCOP(=O)(NCCCNCCCNC(=O)CCC(C)[C@H]1CC[C@H]2[C@@H]3[C@H](O)C[C@@H]4C[C@H](O)CC[C@]4(C)[C@H]3C[C@H](O)[C@]12C)OC[C@H]1O[C@@H](n2cc(C)c(=O)[nH]c2=O)CC1N=[N+]=[N-]. The Balaban J connectivity index is 0.875. The predicted octanol–water partition coefficient (Wildman–Crippen LogP) is 10.7. The van der Waals surface area contributed by atoms with Gasteiger partial charge in [-0.3, -0.25) is 28.2 Å². The summed E-state index contributed by atoms with van der Waals surface area (Å²) >= 11 is 0. The van der Waals surface area contributed by atoms with Gasteiger partial charge in [-0.25, -0.2) is 14.4 Å². The standard InChI is InChI=1S/C58H103N8O10P/c1-6-7-8-9-10-11-12-13-14-15-16-17-18-19-20-21-34-74-77(73,75-40-50-48(64-65-59)38-53(76-50)66-39-42(3)55(71)63-56(66)72)62-33-23-31-60-30-22-32-61-52(70)27-24-41(2)45-25-26-46-54-47(37-51(69)58(45,46)5)57(4)29-28-44(67)35-43(57)36-49(54)68/h39,41,43-51,53-54,60,67-69H,6-38,40H2,1-5H3,(H,61,70)(H,62,73)(H,63,71,72)/t41?,43-,44+,45+,46-,47-,48?,49+,50+,51-,53+,54-,57-,58+,77?/m0/s1. The van der Waals surface area contributed by atoms with E-state index >= 15 is 0 Å². The average Bonchev–Trinajstić information content (AvgIpc) is 4.03. The van der Waals surface area contributed by atoms with Crippen molar-refractivity contribution in [2.45, 2.75) is 251 Å². The first-order valence-corrected chi connectivity index (χ1v) is 32.3. The summed E-state index contributed by atoms with van der Waals surface area (Å²) in [5.41, 5.74) is 8.27. The Morgan fingerprint density at radius 2 is 1.52 bits per heavy atom. The Labute approximate surface area is 460 Å². The maximum atomic E-state index is 14.2. The number of aryl methyl sites for hydroxylation is 1. The van der Waals surface area contributed by atoms with E-state index in [0.717, 1.165) is 77.0 Å². The molecule has 0 bridgehead atoms. The van der Waals surface area contributed by atoms with Gasteiger partial charge in [0.05, 0.1) is 43.7 Å². The number of nitrogens with one attached hydrogen (secondary N) is 4. The number of hydrogen-bond acceptors (Lipinski definition) is 12. The van der Waals surface area contributed by atoms with E-state index in [0.29, 0.717) is 56.9 Å². The third-order valence-electron chi connectivity index (χ3n) is 19.6. The van der Waals surface area contributed by atoms with Crippen LogP contribution in [0.2, 0.25) is 0 Å². The molecule has 440 valence electrons. The van der Waals surface area contributed by atoms with Gasteiger partial charge in [-0.1, -0.05) is 129 Å². The van der Waals surface area contributed by atoms with Crippen molar-refractivity contribution in [2.75, 3.05) is 39.4 Å². The lowest BCUT2D eigenvalue weighted by Gasteiger charge is -2.63. The topological polar surface area (TPSA) is 262 Å². The zero-order chi connectivity index (χ0) is 55.4. The largest absolute Gasteiger partial charge is 0.405 e. The molecule has 5 aliphatic rings. The number of aromatic amines is 1. The highest BCUT2D eigenvalue weighted by molar-refractivity contribution is 7.51. The van der Waals surface area contributed by atoms with Crippen LogP contribution in [0, 0.1) is 53.3 Å². The van der Waals surface area contributed by atoms with Gasteiger partial charge in [0.25, 0.3) is 5.56 Å². The number of carbonyl (C=O) groups excluding carboxylic acids is 1. The molecule has 7 N–H and O–H groups in total. The van der Waals surface area contributed by atoms with Crippen LogP contribution in [0.5, 0.6) is 0 Å². The van der Waals surface area contributed by atoms with Crippen molar-refractivity contribution in [2.24, 2.45) is 51.5 Å². The lowest BCUT2D eigenvalue weighted by molar-refractivity contribution is -0.207. The number of carbonyl (C=O) groups is 1. The summed E-state index contributed by atoms with van der Waals surface area (Å²) in [6, 6.07) is -0.719. The number of ether oxygens (including phenoxy) is 1. The molecule has 5 fully saturated rings. The quantitative estimate of drug-likeness (QED) is 0.0109. The van der Waals surface area contributed by atoms with Crippen molar-refractivity contribution in [3.05, 3.63) is 43.0 Å². The second-order valence-electron chi connectivity index (χ2n) is 24.8. The molecule has 3 unspecified atom stereocenters. The molecule has 2 heterocycles. The molecule has 15 atom stereocenters. The van der Waals surface area contributed by atoms with E-state index in [1.54, 1.807) is 6.92 Å². The highest BCUT2D eigenvalue weighted by Gasteiger charge is 2.65. The zero-order valence-corrected chi connectivity index (χ0v) is 48.9. The fourth-order valence-electron chi connectivity index (χ4n) is 14.9. The van der Waals surface area contributed by atoms with E-state index in [9.17, 15) is 39.8 Å². The molecule has 19 heteroatoms. The molecule has 77 heavy (non-hydrogen) atoms. The number of fused-ring (bicyclic) bond motifs is 5. The first-order chi connectivity index (χ1) is 37.0. The third kappa shape index (κ3) is 17.7. The summed E-state index contributed by atoms with van der Waals surface area (Å²) in [7, 11) is -3.84. The monoisotopic (exact) mass is 1100 g/mol. The van der Waals surface area contributed by atoms with Crippen LogP contribution in [0.4, 0.5) is 0 Å². The Hall–Kier alpha value is -2.63. The van der Waals surface area contributed by atoms with Crippen LogP contribution in [0.1, 0.15) is 219 Å². The number of H-pyrrole nitrogens is 1. The van der Waals surface area contributed by atoms with Gasteiger partial charge in [0.1, 0.15) is 6.23 Å². The normalized spacial score (nSPS) is 31.9. The summed E-state index contributed by atoms with van der Waals surface area (Å²) in [4.78, 5) is 43.0. The Kier molecular flexibility index (Phi) is 26.0. The molecule has 1 saturated heterocycles. The first-order valence-electron chi connectivity index (χ1n) is 30.7. The molecule has 1 aliphatic heterocycles. The number of aliphatic hydroxyl groups is 3. The molecule has 1 aromatic rings. The number of rotatable bonds is 36. The smallest absolute Gasteiger partial charge is 0.393 e. The summed E-state index contributed by atoms with van der Waals surface area (Å²) in [5, 5.41) is 47.5. The number of amides is 1. The number of hydrogen-bond donors (Lipinski definition) is 7. The maximum Gasteiger partial charge on any atom is 0.405 e. The van der Waals surface area contributed by atoms with Crippen LogP contribution in [-0.2, 0) is 23.1 Å². The maximum absolute atomic E-state index is 14.2. The van der Waals surface area contributed by atoms with Crippen molar-refractivity contribution in [1.82, 2.24) is 25.3 Å². The molecule has 18 nitrogen and oxygen atoms in total. The highest BCUT2D eigenvalue weighted by atomic mass is 31.2. The molecule has 0 spiro atoms. The second-order valence-corrected chi connectivity index (χ2v) is 26.6.